The van der Waals surface area contributed by atoms with Crippen LogP contribution in [0, 0.1) is 0 Å². The normalized spacial score (nSPS) is 24.2. The first-order chi connectivity index (χ1) is 11.7. The quantitative estimate of drug-likeness (QED) is 0.932. The molecular formula is C21H23NO2. The third-order valence-corrected chi connectivity index (χ3v) is 5.44. The molecule has 124 valence electrons. The van der Waals surface area contributed by atoms with Gasteiger partial charge in [0, 0.05) is 23.6 Å². The first-order valence-corrected chi connectivity index (χ1v) is 8.89. The Bertz CT molecular complexity index is 737. The highest BCUT2D eigenvalue weighted by atomic mass is 16.3. The molecule has 0 radical (unpaired) electrons. The van der Waals surface area contributed by atoms with Crippen molar-refractivity contribution in [3.05, 3.63) is 71.3 Å². The lowest BCUT2D eigenvalue weighted by atomic mass is 9.90. The van der Waals surface area contributed by atoms with Crippen LogP contribution in [0.15, 0.2) is 54.6 Å². The number of nitrogens with zero attached hydrogens (tertiary/aromatic N) is 1. The van der Waals surface area contributed by atoms with Gasteiger partial charge >= 0.3 is 0 Å². The van der Waals surface area contributed by atoms with Crippen LogP contribution in [0.2, 0.25) is 0 Å². The molecule has 1 heterocycles. The Morgan fingerprint density at radius 3 is 2.38 bits per heavy atom. The topological polar surface area (TPSA) is 40.5 Å². The van der Waals surface area contributed by atoms with Gasteiger partial charge in [0.25, 0.3) is 5.91 Å². The van der Waals surface area contributed by atoms with Crippen LogP contribution in [-0.2, 0) is 12.1 Å². The van der Waals surface area contributed by atoms with Crippen LogP contribution in [0.5, 0.6) is 0 Å². The Balaban J connectivity index is 1.78. The summed E-state index contributed by atoms with van der Waals surface area (Å²) in [6, 6.07) is 17.6. The maximum Gasteiger partial charge on any atom is 0.257 e. The molecule has 2 aromatic rings. The Kier molecular flexibility index (Phi) is 3.89. The number of fused-ring (bicyclic) bond motifs is 1. The fraction of sp³-hybridized carbons (Fsp3) is 0.381. The minimum Gasteiger partial charge on any atom is -0.366 e. The van der Waals surface area contributed by atoms with Gasteiger partial charge in [0.1, 0.15) is 0 Å². The van der Waals surface area contributed by atoms with Crippen LogP contribution in [0.3, 0.4) is 0 Å². The second-order valence-corrected chi connectivity index (χ2v) is 6.99. The Hall–Kier alpha value is -2.13. The first kappa shape index (κ1) is 15.4. The number of hydrogen-bond donors (Lipinski definition) is 1. The standard InChI is InChI=1S/C21H23NO2/c23-20-18-13-7-8-14-19(18)21(24,15-16-9-3-1-4-10-16)22(20)17-11-5-2-6-12-17/h1,3-4,7-10,13-14,17,24H,2,5-6,11-12,15H2/t21-/m1/s1. The van der Waals surface area contributed by atoms with Gasteiger partial charge < -0.3 is 10.0 Å². The number of carbonyl (C=O) groups excluding carboxylic acids is 1. The van der Waals surface area contributed by atoms with E-state index in [4.69, 9.17) is 0 Å². The highest BCUT2D eigenvalue weighted by Crippen LogP contribution is 2.43. The summed E-state index contributed by atoms with van der Waals surface area (Å²) < 4.78 is 0. The lowest BCUT2D eigenvalue weighted by Gasteiger charge is -2.41. The average molecular weight is 321 g/mol. The molecule has 1 amide bonds. The minimum atomic E-state index is -1.24. The molecule has 3 heteroatoms. The number of hydrogen-bond acceptors (Lipinski definition) is 2. The predicted octanol–water partition coefficient (Wildman–Crippen LogP) is 3.86. The Morgan fingerprint density at radius 2 is 1.62 bits per heavy atom. The summed E-state index contributed by atoms with van der Waals surface area (Å²) in [5.74, 6) is -0.0177. The van der Waals surface area contributed by atoms with Crippen LogP contribution in [0.1, 0.15) is 53.6 Å². The lowest BCUT2D eigenvalue weighted by molar-refractivity contribution is -0.107. The number of rotatable bonds is 3. The number of carbonyl (C=O) groups is 1. The molecular weight excluding hydrogens is 298 g/mol. The summed E-state index contributed by atoms with van der Waals surface area (Å²) in [4.78, 5) is 14.8. The number of aliphatic hydroxyl groups is 1. The van der Waals surface area contributed by atoms with Gasteiger partial charge in [-0.3, -0.25) is 4.79 Å². The molecule has 1 aliphatic heterocycles. The maximum absolute atomic E-state index is 13.1. The summed E-state index contributed by atoms with van der Waals surface area (Å²) in [6.45, 7) is 0. The van der Waals surface area contributed by atoms with Crippen LogP contribution >= 0.6 is 0 Å². The molecule has 1 aliphatic carbocycles. The molecule has 2 aliphatic rings. The van der Waals surface area contributed by atoms with E-state index in [0.29, 0.717) is 12.0 Å². The van der Waals surface area contributed by atoms with Gasteiger partial charge in [-0.25, -0.2) is 0 Å². The molecule has 0 bridgehead atoms. The minimum absolute atomic E-state index is 0.0177. The first-order valence-electron chi connectivity index (χ1n) is 8.89. The van der Waals surface area contributed by atoms with E-state index in [0.717, 1.165) is 36.8 Å². The zero-order chi connectivity index (χ0) is 16.6. The van der Waals surface area contributed by atoms with Crippen molar-refractivity contribution in [1.82, 2.24) is 4.90 Å². The number of amides is 1. The van der Waals surface area contributed by atoms with E-state index in [2.05, 4.69) is 0 Å². The van der Waals surface area contributed by atoms with Crippen molar-refractivity contribution in [3.8, 4) is 0 Å². The Labute approximate surface area is 142 Å². The van der Waals surface area contributed by atoms with Crippen molar-refractivity contribution < 1.29 is 9.90 Å². The summed E-state index contributed by atoms with van der Waals surface area (Å²) in [6.07, 6.45) is 5.89. The van der Waals surface area contributed by atoms with E-state index in [9.17, 15) is 9.90 Å². The third-order valence-electron chi connectivity index (χ3n) is 5.44. The van der Waals surface area contributed by atoms with Crippen molar-refractivity contribution in [1.29, 1.82) is 0 Å². The maximum atomic E-state index is 13.1. The van der Waals surface area contributed by atoms with Crippen molar-refractivity contribution in [2.75, 3.05) is 0 Å². The molecule has 3 nitrogen and oxygen atoms in total. The van der Waals surface area contributed by atoms with Crippen LogP contribution in [0.4, 0.5) is 0 Å². The summed E-state index contributed by atoms with van der Waals surface area (Å²) >= 11 is 0. The molecule has 1 atom stereocenters. The molecule has 24 heavy (non-hydrogen) atoms. The SMILES string of the molecule is O=C1c2ccccc2[C@](O)(Cc2ccccc2)N1C1CCCCC1. The van der Waals surface area contributed by atoms with Crippen LogP contribution in [-0.4, -0.2) is 22.0 Å². The molecule has 1 fully saturated rings. The molecule has 1 saturated carbocycles. The van der Waals surface area contributed by atoms with E-state index in [1.807, 2.05) is 54.6 Å². The molecule has 0 unspecified atom stereocenters. The second kappa shape index (κ2) is 6.06. The monoisotopic (exact) mass is 321 g/mol. The van der Waals surface area contributed by atoms with E-state index >= 15 is 0 Å². The van der Waals surface area contributed by atoms with Gasteiger partial charge in [0.15, 0.2) is 5.72 Å². The van der Waals surface area contributed by atoms with Gasteiger partial charge in [-0.2, -0.15) is 0 Å². The highest BCUT2D eigenvalue weighted by Gasteiger charge is 2.51. The summed E-state index contributed by atoms with van der Waals surface area (Å²) in [5.41, 5.74) is 1.22. The van der Waals surface area contributed by atoms with Crippen LogP contribution < -0.4 is 0 Å². The molecule has 4 rings (SSSR count). The van der Waals surface area contributed by atoms with E-state index in [1.165, 1.54) is 6.42 Å². The molecule has 2 aromatic carbocycles. The smallest absolute Gasteiger partial charge is 0.257 e. The lowest BCUT2D eigenvalue weighted by Crippen LogP contribution is -2.51. The fourth-order valence-corrected chi connectivity index (χ4v) is 4.31. The third kappa shape index (κ3) is 2.44. The summed E-state index contributed by atoms with van der Waals surface area (Å²) in [7, 11) is 0. The van der Waals surface area contributed by atoms with E-state index in [-0.39, 0.29) is 11.9 Å². The second-order valence-electron chi connectivity index (χ2n) is 6.99. The largest absolute Gasteiger partial charge is 0.366 e. The molecule has 0 saturated heterocycles. The Morgan fingerprint density at radius 1 is 0.958 bits per heavy atom. The van der Waals surface area contributed by atoms with Crippen LogP contribution in [0.25, 0.3) is 0 Å². The zero-order valence-electron chi connectivity index (χ0n) is 13.8. The fourth-order valence-electron chi connectivity index (χ4n) is 4.31. The van der Waals surface area contributed by atoms with Gasteiger partial charge in [-0.15, -0.1) is 0 Å². The molecule has 1 N–H and O–H groups in total. The van der Waals surface area contributed by atoms with E-state index < -0.39 is 5.72 Å². The van der Waals surface area contributed by atoms with Crippen molar-refractivity contribution >= 4 is 5.91 Å². The highest BCUT2D eigenvalue weighted by molar-refractivity contribution is 6.00. The molecule has 0 spiro atoms. The zero-order valence-corrected chi connectivity index (χ0v) is 13.8. The van der Waals surface area contributed by atoms with Gasteiger partial charge in [0.2, 0.25) is 0 Å². The van der Waals surface area contributed by atoms with Gasteiger partial charge in [-0.05, 0) is 24.5 Å². The number of benzene rings is 2. The van der Waals surface area contributed by atoms with Gasteiger partial charge in [-0.1, -0.05) is 67.8 Å². The average Bonchev–Trinajstić information content (AvgIpc) is 2.84. The van der Waals surface area contributed by atoms with Gasteiger partial charge in [0.05, 0.1) is 0 Å². The van der Waals surface area contributed by atoms with Crippen molar-refractivity contribution in [2.24, 2.45) is 0 Å². The van der Waals surface area contributed by atoms with Crippen molar-refractivity contribution in [2.45, 2.75) is 50.3 Å². The van der Waals surface area contributed by atoms with Crippen molar-refractivity contribution in [3.63, 3.8) is 0 Å². The molecule has 0 aromatic heterocycles. The van der Waals surface area contributed by atoms with E-state index in [1.54, 1.807) is 4.90 Å². The summed E-state index contributed by atoms with van der Waals surface area (Å²) in [5, 5.41) is 11.7. The predicted molar refractivity (Wildman–Crippen MR) is 93.5 cm³/mol.